The maximum absolute atomic E-state index is 11.2. The third-order valence-corrected chi connectivity index (χ3v) is 4.05. The van der Waals surface area contributed by atoms with Crippen LogP contribution < -0.4 is 10.1 Å². The quantitative estimate of drug-likeness (QED) is 0.641. The van der Waals surface area contributed by atoms with Crippen LogP contribution >= 0.6 is 33.9 Å². The van der Waals surface area contributed by atoms with E-state index in [0.29, 0.717) is 0 Å². The molecule has 0 bridgehead atoms. The molecule has 0 heterocycles. The number of hydrogen-bond acceptors (Lipinski definition) is 5. The van der Waals surface area contributed by atoms with Crippen molar-refractivity contribution in [2.45, 2.75) is 4.90 Å². The van der Waals surface area contributed by atoms with Crippen molar-refractivity contribution >= 4 is 48.8 Å². The summed E-state index contributed by atoms with van der Waals surface area (Å²) in [4.78, 5) is 10.9. The Hall–Kier alpha value is -1.20. The van der Waals surface area contributed by atoms with Gasteiger partial charge >= 0.3 is 0 Å². The molecule has 1 amide bonds. The number of nitrogens with one attached hydrogen (secondary N) is 1. The van der Waals surface area contributed by atoms with Crippen molar-refractivity contribution in [2.24, 2.45) is 0 Å². The van der Waals surface area contributed by atoms with Gasteiger partial charge in [0.15, 0.2) is 6.61 Å². The monoisotopic (exact) mass is 356 g/mol. The molecule has 0 saturated carbocycles. The molecule has 0 aliphatic carbocycles. The summed E-state index contributed by atoms with van der Waals surface area (Å²) >= 11 is 11.5. The fraction of sp³-hybridized carbons (Fsp3) is 0.200. The van der Waals surface area contributed by atoms with E-state index in [-0.39, 0.29) is 27.2 Å². The fourth-order valence-electron chi connectivity index (χ4n) is 1.14. The van der Waals surface area contributed by atoms with E-state index in [0.717, 1.165) is 12.1 Å². The molecular weight excluding hydrogens is 351 g/mol. The molecule has 0 aliphatic heterocycles. The predicted octanol–water partition coefficient (Wildman–Crippen LogP) is 1.94. The van der Waals surface area contributed by atoms with Gasteiger partial charge in [0.05, 0.1) is 16.1 Å². The molecule has 0 aromatic heterocycles. The number of nitrogens with zero attached hydrogens (tertiary/aromatic N) is 1. The van der Waals surface area contributed by atoms with Crippen LogP contribution in [0.5, 0.6) is 5.75 Å². The van der Waals surface area contributed by atoms with Gasteiger partial charge in [-0.2, -0.15) is 5.26 Å². The van der Waals surface area contributed by atoms with Gasteiger partial charge in [0.1, 0.15) is 17.2 Å². The van der Waals surface area contributed by atoms with E-state index in [2.05, 4.69) is 5.32 Å². The Labute approximate surface area is 129 Å². The number of benzene rings is 1. The van der Waals surface area contributed by atoms with E-state index in [1.54, 1.807) is 6.07 Å². The van der Waals surface area contributed by atoms with Crippen LogP contribution in [0.1, 0.15) is 0 Å². The zero-order valence-corrected chi connectivity index (χ0v) is 12.8. The van der Waals surface area contributed by atoms with Gasteiger partial charge in [-0.1, -0.05) is 23.2 Å². The highest BCUT2D eigenvalue weighted by molar-refractivity contribution is 8.13. The molecule has 6 nitrogen and oxygen atoms in total. The van der Waals surface area contributed by atoms with Crippen LogP contribution in [0.25, 0.3) is 0 Å². The summed E-state index contributed by atoms with van der Waals surface area (Å²) in [6, 6.07) is 3.88. The van der Waals surface area contributed by atoms with Gasteiger partial charge < -0.3 is 10.1 Å². The van der Waals surface area contributed by atoms with Gasteiger partial charge in [-0.15, -0.1) is 0 Å². The number of carbonyl (C=O) groups excluding carboxylic acids is 1. The number of carbonyl (C=O) groups is 1. The molecule has 0 atom stereocenters. The Morgan fingerprint density at radius 1 is 1.35 bits per heavy atom. The molecule has 20 heavy (non-hydrogen) atoms. The summed E-state index contributed by atoms with van der Waals surface area (Å²) < 4.78 is 27.4. The van der Waals surface area contributed by atoms with Crippen molar-refractivity contribution in [3.05, 3.63) is 22.2 Å². The highest BCUT2D eigenvalue weighted by Crippen LogP contribution is 2.34. The molecule has 1 aromatic carbocycles. The lowest BCUT2D eigenvalue weighted by Gasteiger charge is -2.09. The maximum atomic E-state index is 11.2. The van der Waals surface area contributed by atoms with Crippen molar-refractivity contribution in [1.82, 2.24) is 5.32 Å². The molecule has 0 radical (unpaired) electrons. The molecule has 1 rings (SSSR count). The molecule has 0 unspecified atom stereocenters. The first-order chi connectivity index (χ1) is 9.25. The maximum Gasteiger partial charge on any atom is 0.262 e. The van der Waals surface area contributed by atoms with Gasteiger partial charge in [0.2, 0.25) is 0 Å². The van der Waals surface area contributed by atoms with Crippen LogP contribution in [0.3, 0.4) is 0 Å². The standard InChI is InChI=1S/C10H7Cl3N2O4S/c11-6-4-9(20(13,17)18)7(12)3-8(6)19-5-10(16)15-2-1-14/h3-4H,2,5H2,(H,15,16). The second-order valence-electron chi connectivity index (χ2n) is 3.37. The topological polar surface area (TPSA) is 96.3 Å². The van der Waals surface area contributed by atoms with E-state index in [4.69, 9.17) is 43.9 Å². The molecule has 108 valence electrons. The van der Waals surface area contributed by atoms with Crippen LogP contribution in [-0.4, -0.2) is 27.5 Å². The summed E-state index contributed by atoms with van der Waals surface area (Å²) in [5.74, 6) is -0.513. The van der Waals surface area contributed by atoms with Crippen LogP contribution in [-0.2, 0) is 13.8 Å². The smallest absolute Gasteiger partial charge is 0.262 e. The van der Waals surface area contributed by atoms with Gasteiger partial charge in [0.25, 0.3) is 15.0 Å². The Morgan fingerprint density at radius 3 is 2.55 bits per heavy atom. The molecule has 10 heteroatoms. The number of rotatable bonds is 5. The lowest BCUT2D eigenvalue weighted by Crippen LogP contribution is -2.29. The van der Waals surface area contributed by atoms with Crippen LogP contribution in [0, 0.1) is 11.3 Å². The van der Waals surface area contributed by atoms with Gasteiger partial charge in [-0.25, -0.2) is 8.42 Å². The predicted molar refractivity (Wildman–Crippen MR) is 73.6 cm³/mol. The van der Waals surface area contributed by atoms with Crippen LogP contribution in [0.2, 0.25) is 10.0 Å². The third kappa shape index (κ3) is 4.72. The van der Waals surface area contributed by atoms with Crippen molar-refractivity contribution in [3.63, 3.8) is 0 Å². The number of hydrogen-bond donors (Lipinski definition) is 1. The summed E-state index contributed by atoms with van der Waals surface area (Å²) in [6.07, 6.45) is 0. The lowest BCUT2D eigenvalue weighted by atomic mass is 10.3. The van der Waals surface area contributed by atoms with Crippen molar-refractivity contribution in [1.29, 1.82) is 5.26 Å². The van der Waals surface area contributed by atoms with E-state index < -0.39 is 21.6 Å². The first kappa shape index (κ1) is 16.9. The summed E-state index contributed by atoms with van der Waals surface area (Å²) in [5.41, 5.74) is 0. The molecule has 0 fully saturated rings. The van der Waals surface area contributed by atoms with Gasteiger partial charge in [0, 0.05) is 16.7 Å². The average molecular weight is 358 g/mol. The van der Waals surface area contributed by atoms with Crippen LogP contribution in [0.4, 0.5) is 0 Å². The molecule has 0 saturated heterocycles. The first-order valence-electron chi connectivity index (χ1n) is 4.96. The molecule has 1 aromatic rings. The molecular formula is C10H7Cl3N2O4S. The molecule has 1 N–H and O–H groups in total. The highest BCUT2D eigenvalue weighted by Gasteiger charge is 2.18. The summed E-state index contributed by atoms with van der Waals surface area (Å²) in [5, 5.41) is 10.3. The fourth-order valence-corrected chi connectivity index (χ4v) is 2.93. The minimum atomic E-state index is -4.03. The van der Waals surface area contributed by atoms with E-state index in [9.17, 15) is 13.2 Å². The van der Waals surface area contributed by atoms with Crippen molar-refractivity contribution < 1.29 is 17.9 Å². The lowest BCUT2D eigenvalue weighted by molar-refractivity contribution is -0.122. The van der Waals surface area contributed by atoms with E-state index >= 15 is 0 Å². The van der Waals surface area contributed by atoms with Crippen molar-refractivity contribution in [2.75, 3.05) is 13.2 Å². The SMILES string of the molecule is N#CCNC(=O)COc1cc(Cl)c(S(=O)(=O)Cl)cc1Cl. The summed E-state index contributed by atoms with van der Waals surface area (Å²) in [6.45, 7) is -0.551. The largest absolute Gasteiger partial charge is 0.482 e. The first-order valence-corrected chi connectivity index (χ1v) is 8.02. The normalized spacial score (nSPS) is 10.7. The zero-order valence-electron chi connectivity index (χ0n) is 9.69. The second kappa shape index (κ2) is 6.99. The Balaban J connectivity index is 2.87. The number of amides is 1. The van der Waals surface area contributed by atoms with Crippen molar-refractivity contribution in [3.8, 4) is 11.8 Å². The van der Waals surface area contributed by atoms with Crippen LogP contribution in [0.15, 0.2) is 17.0 Å². The Kier molecular flexibility index (Phi) is 5.89. The highest BCUT2D eigenvalue weighted by atomic mass is 35.7. The Morgan fingerprint density at radius 2 is 2.00 bits per heavy atom. The zero-order chi connectivity index (χ0) is 15.3. The van der Waals surface area contributed by atoms with Gasteiger partial charge in [-0.05, 0) is 6.07 Å². The number of halogens is 3. The van der Waals surface area contributed by atoms with Gasteiger partial charge in [-0.3, -0.25) is 4.79 Å². The Bertz CT molecular complexity index is 670. The van der Waals surface area contributed by atoms with E-state index in [1.165, 1.54) is 0 Å². The molecule has 0 aliphatic rings. The summed E-state index contributed by atoms with van der Waals surface area (Å²) in [7, 11) is 1.14. The minimum absolute atomic E-state index is 0.0211. The van der Waals surface area contributed by atoms with E-state index in [1.807, 2.05) is 0 Å². The average Bonchev–Trinajstić information content (AvgIpc) is 2.35. The number of ether oxygens (including phenoxy) is 1. The number of nitriles is 1. The third-order valence-electron chi connectivity index (χ3n) is 1.97. The minimum Gasteiger partial charge on any atom is -0.482 e. The molecule has 0 spiro atoms. The second-order valence-corrected chi connectivity index (χ2v) is 6.72.